The molecule has 0 heterocycles. The van der Waals surface area contributed by atoms with Gasteiger partial charge in [0.1, 0.15) is 0 Å². The van der Waals surface area contributed by atoms with E-state index >= 15 is 0 Å². The van der Waals surface area contributed by atoms with Gasteiger partial charge in [-0.3, -0.25) is 4.79 Å². The fraction of sp³-hybridized carbons (Fsp3) is 0.917. The van der Waals surface area contributed by atoms with Crippen molar-refractivity contribution in [3.63, 3.8) is 0 Å². The quantitative estimate of drug-likeness (QED) is 0.575. The Balaban J connectivity index is 2.00. The Bertz CT molecular complexity index is 203. The van der Waals surface area contributed by atoms with Crippen molar-refractivity contribution >= 4 is 17.7 Å². The number of ether oxygens (including phenoxy) is 1. The van der Waals surface area contributed by atoms with E-state index in [4.69, 9.17) is 0 Å². The molecule has 0 saturated heterocycles. The van der Waals surface area contributed by atoms with Crippen LogP contribution in [0.5, 0.6) is 0 Å². The van der Waals surface area contributed by atoms with Crippen molar-refractivity contribution in [1.29, 1.82) is 0 Å². The van der Waals surface area contributed by atoms with Gasteiger partial charge in [0, 0.05) is 17.7 Å². The van der Waals surface area contributed by atoms with Crippen molar-refractivity contribution < 1.29 is 9.53 Å². The van der Waals surface area contributed by atoms with Crippen molar-refractivity contribution in [1.82, 2.24) is 5.32 Å². The number of rotatable bonds is 6. The number of thioether (sulfide) groups is 1. The van der Waals surface area contributed by atoms with E-state index in [0.29, 0.717) is 12.5 Å². The molecule has 0 unspecified atom stereocenters. The zero-order valence-electron chi connectivity index (χ0n) is 10.3. The van der Waals surface area contributed by atoms with Crippen molar-refractivity contribution in [3.05, 3.63) is 0 Å². The Labute approximate surface area is 103 Å². The summed E-state index contributed by atoms with van der Waals surface area (Å²) >= 11 is 1.99. The number of methoxy groups -OCH3 is 1. The molecule has 1 fully saturated rings. The predicted octanol–water partition coefficient (Wildman–Crippen LogP) is 2.20. The van der Waals surface area contributed by atoms with Gasteiger partial charge in [0.05, 0.1) is 7.11 Å². The van der Waals surface area contributed by atoms with Crippen LogP contribution in [-0.2, 0) is 9.53 Å². The Morgan fingerprint density at radius 2 is 2.06 bits per heavy atom. The van der Waals surface area contributed by atoms with E-state index in [9.17, 15) is 4.79 Å². The molecule has 4 heteroatoms. The van der Waals surface area contributed by atoms with Gasteiger partial charge in [-0.2, -0.15) is 11.8 Å². The largest absolute Gasteiger partial charge is 0.469 e. The van der Waals surface area contributed by atoms with Gasteiger partial charge in [0.25, 0.3) is 0 Å². The van der Waals surface area contributed by atoms with Gasteiger partial charge >= 0.3 is 5.97 Å². The van der Waals surface area contributed by atoms with Gasteiger partial charge < -0.3 is 10.1 Å². The third-order valence-electron chi connectivity index (χ3n) is 3.23. The van der Waals surface area contributed by atoms with E-state index in [-0.39, 0.29) is 5.97 Å². The van der Waals surface area contributed by atoms with Crippen LogP contribution in [0, 0.1) is 0 Å². The first-order chi connectivity index (χ1) is 7.76. The van der Waals surface area contributed by atoms with E-state index in [1.807, 2.05) is 11.8 Å². The molecule has 1 rings (SSSR count). The minimum Gasteiger partial charge on any atom is -0.469 e. The lowest BCUT2D eigenvalue weighted by molar-refractivity contribution is -0.140. The minimum absolute atomic E-state index is 0.104. The monoisotopic (exact) mass is 245 g/mol. The van der Waals surface area contributed by atoms with Crippen LogP contribution in [0.2, 0.25) is 0 Å². The molecule has 0 radical (unpaired) electrons. The van der Waals surface area contributed by atoms with E-state index in [1.54, 1.807) is 0 Å². The SMILES string of the molecule is COC(=O)CCCNC1CCC(SC)CC1. The van der Waals surface area contributed by atoms with Crippen LogP contribution >= 0.6 is 11.8 Å². The second-order valence-electron chi connectivity index (χ2n) is 4.34. The molecular weight excluding hydrogens is 222 g/mol. The highest BCUT2D eigenvalue weighted by molar-refractivity contribution is 7.99. The summed E-state index contributed by atoms with van der Waals surface area (Å²) < 4.78 is 4.60. The fourth-order valence-electron chi connectivity index (χ4n) is 2.14. The molecule has 94 valence electrons. The number of nitrogens with one attached hydrogen (secondary N) is 1. The highest BCUT2D eigenvalue weighted by atomic mass is 32.2. The Kier molecular flexibility index (Phi) is 6.88. The third kappa shape index (κ3) is 5.21. The number of esters is 1. The Hall–Kier alpha value is -0.220. The van der Waals surface area contributed by atoms with Crippen LogP contribution in [0.25, 0.3) is 0 Å². The van der Waals surface area contributed by atoms with Gasteiger partial charge in [-0.25, -0.2) is 0 Å². The van der Waals surface area contributed by atoms with E-state index < -0.39 is 0 Å². The first-order valence-electron chi connectivity index (χ1n) is 6.09. The lowest BCUT2D eigenvalue weighted by Gasteiger charge is -2.28. The zero-order chi connectivity index (χ0) is 11.8. The van der Waals surface area contributed by atoms with Gasteiger partial charge in [-0.15, -0.1) is 0 Å². The molecule has 3 nitrogen and oxygen atoms in total. The van der Waals surface area contributed by atoms with Crippen LogP contribution in [0.4, 0.5) is 0 Å². The smallest absolute Gasteiger partial charge is 0.305 e. The Morgan fingerprint density at radius 3 is 2.62 bits per heavy atom. The molecule has 0 aromatic rings. The lowest BCUT2D eigenvalue weighted by Crippen LogP contribution is -2.34. The number of hydrogen-bond acceptors (Lipinski definition) is 4. The average molecular weight is 245 g/mol. The molecule has 1 N–H and O–H groups in total. The molecule has 0 spiro atoms. The summed E-state index contributed by atoms with van der Waals surface area (Å²) in [6.45, 7) is 0.934. The topological polar surface area (TPSA) is 38.3 Å². The van der Waals surface area contributed by atoms with Gasteiger partial charge in [-0.1, -0.05) is 0 Å². The van der Waals surface area contributed by atoms with Crippen LogP contribution in [0.15, 0.2) is 0 Å². The fourth-order valence-corrected chi connectivity index (χ4v) is 2.89. The van der Waals surface area contributed by atoms with Gasteiger partial charge in [-0.05, 0) is 44.9 Å². The maximum Gasteiger partial charge on any atom is 0.305 e. The summed E-state index contributed by atoms with van der Waals surface area (Å²) in [7, 11) is 1.44. The molecule has 1 aliphatic rings. The summed E-state index contributed by atoms with van der Waals surface area (Å²) in [5.74, 6) is -0.104. The van der Waals surface area contributed by atoms with Crippen molar-refractivity contribution in [2.75, 3.05) is 19.9 Å². The molecule has 0 aromatic heterocycles. The summed E-state index contributed by atoms with van der Waals surface area (Å²) in [6, 6.07) is 0.668. The second-order valence-corrected chi connectivity index (χ2v) is 5.48. The molecule has 16 heavy (non-hydrogen) atoms. The van der Waals surface area contributed by atoms with Crippen LogP contribution in [0.3, 0.4) is 0 Å². The second kappa shape index (κ2) is 7.96. The minimum atomic E-state index is -0.104. The maximum atomic E-state index is 10.9. The van der Waals surface area contributed by atoms with Crippen molar-refractivity contribution in [2.24, 2.45) is 0 Å². The van der Waals surface area contributed by atoms with Crippen molar-refractivity contribution in [2.45, 2.75) is 49.8 Å². The maximum absolute atomic E-state index is 10.9. The molecule has 1 saturated carbocycles. The molecule has 0 aromatic carbocycles. The highest BCUT2D eigenvalue weighted by Crippen LogP contribution is 2.26. The molecular formula is C12H23NO2S. The Morgan fingerprint density at radius 1 is 1.38 bits per heavy atom. The van der Waals surface area contributed by atoms with E-state index in [0.717, 1.165) is 18.2 Å². The third-order valence-corrected chi connectivity index (χ3v) is 4.36. The molecule has 1 aliphatic carbocycles. The number of hydrogen-bond donors (Lipinski definition) is 1. The van der Waals surface area contributed by atoms with Crippen LogP contribution in [-0.4, -0.2) is 37.2 Å². The molecule has 0 amide bonds. The standard InChI is InChI=1S/C12H23NO2S/c1-15-12(14)4-3-9-13-10-5-7-11(16-2)8-6-10/h10-11,13H,3-9H2,1-2H3. The van der Waals surface area contributed by atoms with Crippen LogP contribution < -0.4 is 5.32 Å². The first-order valence-corrected chi connectivity index (χ1v) is 7.38. The number of carbonyl (C=O) groups is 1. The van der Waals surface area contributed by atoms with Crippen molar-refractivity contribution in [3.8, 4) is 0 Å². The average Bonchev–Trinajstić information content (AvgIpc) is 2.35. The molecule has 0 bridgehead atoms. The number of carbonyl (C=O) groups excluding carboxylic acids is 1. The van der Waals surface area contributed by atoms with E-state index in [1.165, 1.54) is 32.8 Å². The highest BCUT2D eigenvalue weighted by Gasteiger charge is 2.19. The zero-order valence-corrected chi connectivity index (χ0v) is 11.1. The molecule has 0 aliphatic heterocycles. The summed E-state index contributed by atoms with van der Waals surface area (Å²) in [6.07, 6.45) is 8.84. The summed E-state index contributed by atoms with van der Waals surface area (Å²) in [4.78, 5) is 10.9. The van der Waals surface area contributed by atoms with Gasteiger partial charge in [0.15, 0.2) is 0 Å². The van der Waals surface area contributed by atoms with Gasteiger partial charge in [0.2, 0.25) is 0 Å². The summed E-state index contributed by atoms with van der Waals surface area (Å²) in [5.41, 5.74) is 0. The normalized spacial score (nSPS) is 25.4. The van der Waals surface area contributed by atoms with Crippen LogP contribution in [0.1, 0.15) is 38.5 Å². The lowest BCUT2D eigenvalue weighted by atomic mass is 9.95. The molecule has 0 atom stereocenters. The summed E-state index contributed by atoms with van der Waals surface area (Å²) in [5, 5.41) is 4.40. The van der Waals surface area contributed by atoms with E-state index in [2.05, 4.69) is 16.3 Å². The first kappa shape index (κ1) is 13.8. The predicted molar refractivity (Wildman–Crippen MR) is 68.8 cm³/mol.